The summed E-state index contributed by atoms with van der Waals surface area (Å²) in [4.78, 5) is 83.9. The van der Waals surface area contributed by atoms with E-state index in [2.05, 4.69) is 47.3 Å². The second kappa shape index (κ2) is 64.6. The number of carbonyl (C=O) groups is 6. The van der Waals surface area contributed by atoms with E-state index >= 15 is 0 Å². The zero-order chi connectivity index (χ0) is 63.0. The SMILES string of the molecule is CCCCCCCCOC(=O)CCCCCN(CCCCCC(=O)OCCCCCCCC)CCOC(=O)CCN(C)CCN(C)CCC(=O)OCCN(CCCCCC(=O)OCCCCCCCC)CCCCCC(=O)OCCCCCCCC. The van der Waals surface area contributed by atoms with Gasteiger partial charge in [-0.25, -0.2) is 0 Å². The maximum atomic E-state index is 12.9. The van der Waals surface area contributed by atoms with Crippen LogP contribution in [0.1, 0.15) is 297 Å². The molecule has 0 amide bonds. The van der Waals surface area contributed by atoms with Gasteiger partial charge in [0, 0.05) is 65.0 Å². The van der Waals surface area contributed by atoms with Gasteiger partial charge < -0.3 is 38.2 Å². The molecule has 0 atom stereocenters. The zero-order valence-corrected chi connectivity index (χ0v) is 56.7. The molecule has 0 aromatic heterocycles. The summed E-state index contributed by atoms with van der Waals surface area (Å²) < 4.78 is 33.3. The normalized spacial score (nSPS) is 11.5. The predicted octanol–water partition coefficient (Wildman–Crippen LogP) is 15.2. The van der Waals surface area contributed by atoms with Gasteiger partial charge in [0.2, 0.25) is 0 Å². The maximum Gasteiger partial charge on any atom is 0.307 e. The van der Waals surface area contributed by atoms with Gasteiger partial charge in [-0.2, -0.15) is 0 Å². The Labute approximate surface area is 527 Å². The van der Waals surface area contributed by atoms with Crippen molar-refractivity contribution >= 4 is 35.8 Å². The van der Waals surface area contributed by atoms with Crippen LogP contribution >= 0.6 is 0 Å². The number of esters is 6. The Morgan fingerprint density at radius 1 is 0.209 bits per heavy atom. The lowest BCUT2D eigenvalue weighted by Crippen LogP contribution is -2.34. The Bertz CT molecular complexity index is 1380. The van der Waals surface area contributed by atoms with Crippen molar-refractivity contribution in [3.63, 3.8) is 0 Å². The average Bonchev–Trinajstić information content (AvgIpc) is 3.55. The van der Waals surface area contributed by atoms with Gasteiger partial charge in [0.05, 0.1) is 39.3 Å². The molecule has 506 valence electrons. The topological polar surface area (TPSA) is 171 Å². The summed E-state index contributed by atoms with van der Waals surface area (Å²) in [5.41, 5.74) is 0. The van der Waals surface area contributed by atoms with Gasteiger partial charge >= 0.3 is 35.8 Å². The minimum absolute atomic E-state index is 0.108. The van der Waals surface area contributed by atoms with E-state index in [4.69, 9.17) is 28.4 Å². The summed E-state index contributed by atoms with van der Waals surface area (Å²) >= 11 is 0. The van der Waals surface area contributed by atoms with Crippen LogP contribution in [0.25, 0.3) is 0 Å². The lowest BCUT2D eigenvalue weighted by molar-refractivity contribution is -0.145. The molecule has 0 aromatic rings. The summed E-state index contributed by atoms with van der Waals surface area (Å²) in [6.45, 7) is 18.8. The summed E-state index contributed by atoms with van der Waals surface area (Å²) in [5, 5.41) is 0. The van der Waals surface area contributed by atoms with Crippen molar-refractivity contribution in [2.45, 2.75) is 297 Å². The summed E-state index contributed by atoms with van der Waals surface area (Å²) in [6.07, 6.45) is 40.9. The third-order valence-corrected chi connectivity index (χ3v) is 16.1. The molecule has 0 aromatic carbocycles. The van der Waals surface area contributed by atoms with E-state index < -0.39 is 0 Å². The molecule has 16 heteroatoms. The van der Waals surface area contributed by atoms with E-state index in [0.29, 0.717) is 91.5 Å². The molecule has 0 bridgehead atoms. The van der Waals surface area contributed by atoms with Gasteiger partial charge in [-0.3, -0.25) is 38.6 Å². The monoisotopic (exact) mass is 1220 g/mol. The number of ether oxygens (including phenoxy) is 6. The van der Waals surface area contributed by atoms with Crippen LogP contribution in [0.3, 0.4) is 0 Å². The van der Waals surface area contributed by atoms with Crippen molar-refractivity contribution in [3.8, 4) is 0 Å². The summed E-state index contributed by atoms with van der Waals surface area (Å²) in [5.74, 6) is -0.883. The molecule has 0 heterocycles. The van der Waals surface area contributed by atoms with E-state index in [0.717, 1.165) is 168 Å². The summed E-state index contributed by atoms with van der Waals surface area (Å²) in [6, 6.07) is 0. The van der Waals surface area contributed by atoms with Crippen LogP contribution in [0.5, 0.6) is 0 Å². The summed E-state index contributed by atoms with van der Waals surface area (Å²) in [7, 11) is 3.98. The van der Waals surface area contributed by atoms with Crippen LogP contribution in [0, 0.1) is 0 Å². The Balaban J connectivity index is 4.79. The Morgan fingerprint density at radius 3 is 0.674 bits per heavy atom. The molecule has 0 unspecified atom stereocenters. The largest absolute Gasteiger partial charge is 0.466 e. The smallest absolute Gasteiger partial charge is 0.307 e. The van der Waals surface area contributed by atoms with Crippen LogP contribution in [-0.2, 0) is 57.2 Å². The maximum absolute atomic E-state index is 12.9. The van der Waals surface area contributed by atoms with E-state index in [-0.39, 0.29) is 48.7 Å². The fourth-order valence-electron chi connectivity index (χ4n) is 10.2. The number of hydrogen-bond acceptors (Lipinski definition) is 16. The molecule has 0 fully saturated rings. The first-order chi connectivity index (χ1) is 41.9. The predicted molar refractivity (Wildman–Crippen MR) is 350 cm³/mol. The molecule has 0 spiro atoms. The molecular formula is C70H134N4O12. The lowest BCUT2D eigenvalue weighted by atomic mass is 10.1. The van der Waals surface area contributed by atoms with Crippen molar-refractivity contribution in [2.24, 2.45) is 0 Å². The molecule has 0 rings (SSSR count). The van der Waals surface area contributed by atoms with E-state index in [1.54, 1.807) is 0 Å². The van der Waals surface area contributed by atoms with E-state index in [1.165, 1.54) is 103 Å². The minimum atomic E-state index is -0.225. The first kappa shape index (κ1) is 82.7. The highest BCUT2D eigenvalue weighted by Gasteiger charge is 2.14. The average molecular weight is 1220 g/mol. The molecular weight excluding hydrogens is 1090 g/mol. The van der Waals surface area contributed by atoms with Gasteiger partial charge in [0.15, 0.2) is 0 Å². The molecule has 16 nitrogen and oxygen atoms in total. The second-order valence-corrected chi connectivity index (χ2v) is 24.4. The lowest BCUT2D eigenvalue weighted by Gasteiger charge is -2.23. The number of carbonyl (C=O) groups excluding carboxylic acids is 6. The number of likely N-dealkylation sites (N-methyl/N-ethyl adjacent to an activating group) is 2. The van der Waals surface area contributed by atoms with Gasteiger partial charge in [-0.1, -0.05) is 182 Å². The van der Waals surface area contributed by atoms with E-state index in [1.807, 2.05) is 14.1 Å². The molecule has 0 radical (unpaired) electrons. The van der Waals surface area contributed by atoms with Crippen molar-refractivity contribution in [1.29, 1.82) is 0 Å². The number of rotatable bonds is 67. The molecule has 0 aliphatic heterocycles. The minimum Gasteiger partial charge on any atom is -0.466 e. The van der Waals surface area contributed by atoms with Crippen molar-refractivity contribution in [2.75, 3.05) is 119 Å². The Kier molecular flexibility index (Phi) is 62.1. The highest BCUT2D eigenvalue weighted by molar-refractivity contribution is 5.71. The van der Waals surface area contributed by atoms with Crippen molar-refractivity contribution in [3.05, 3.63) is 0 Å². The third-order valence-electron chi connectivity index (χ3n) is 16.1. The number of unbranched alkanes of at least 4 members (excludes halogenated alkanes) is 28. The number of hydrogen-bond donors (Lipinski definition) is 0. The number of nitrogens with zero attached hydrogens (tertiary/aromatic N) is 4. The molecule has 0 saturated carbocycles. The van der Waals surface area contributed by atoms with Crippen molar-refractivity contribution < 1.29 is 57.2 Å². The standard InChI is InChI=1S/C70H134N4O12/c1-7-11-15-19-23-39-59-81-65(75)43-31-27-35-49-73(50-36-28-32-44-66(76)82-60-40-24-20-16-12-8-2)57-63-85-69(79)47-53-71(5)55-56-72(6)54-48-70(80)86-64-58-74(51-37-29-33-45-67(77)83-61-41-25-21-17-13-9-3)52-38-30-34-46-68(78)84-62-42-26-22-18-14-10-4/h7-64H2,1-6H3. The van der Waals surface area contributed by atoms with Gasteiger partial charge in [0.1, 0.15) is 13.2 Å². The van der Waals surface area contributed by atoms with Gasteiger partial charge in [-0.15, -0.1) is 0 Å². The van der Waals surface area contributed by atoms with E-state index in [9.17, 15) is 28.8 Å². The first-order valence-corrected chi connectivity index (χ1v) is 35.7. The molecule has 0 aliphatic carbocycles. The fourth-order valence-corrected chi connectivity index (χ4v) is 10.2. The Morgan fingerprint density at radius 2 is 0.419 bits per heavy atom. The fraction of sp³-hybridized carbons (Fsp3) is 0.914. The van der Waals surface area contributed by atoms with Crippen LogP contribution in [0.2, 0.25) is 0 Å². The highest BCUT2D eigenvalue weighted by atomic mass is 16.6. The van der Waals surface area contributed by atoms with Crippen LogP contribution in [0.15, 0.2) is 0 Å². The third kappa shape index (κ3) is 60.9. The first-order valence-electron chi connectivity index (χ1n) is 35.7. The zero-order valence-electron chi connectivity index (χ0n) is 56.7. The van der Waals surface area contributed by atoms with Crippen LogP contribution < -0.4 is 0 Å². The van der Waals surface area contributed by atoms with Crippen molar-refractivity contribution in [1.82, 2.24) is 19.6 Å². The van der Waals surface area contributed by atoms with Gasteiger partial charge in [0.25, 0.3) is 0 Å². The second-order valence-electron chi connectivity index (χ2n) is 24.4. The molecule has 0 aliphatic rings. The Hall–Kier alpha value is -3.34. The quantitative estimate of drug-likeness (QED) is 0.0320. The highest BCUT2D eigenvalue weighted by Crippen LogP contribution is 2.13. The van der Waals surface area contributed by atoms with Gasteiger partial charge in [-0.05, 0) is 117 Å². The molecule has 0 N–H and O–H groups in total. The molecule has 86 heavy (non-hydrogen) atoms. The van der Waals surface area contributed by atoms with Crippen LogP contribution in [0.4, 0.5) is 0 Å². The van der Waals surface area contributed by atoms with Crippen LogP contribution in [-0.4, -0.2) is 175 Å². The molecule has 0 saturated heterocycles.